The monoisotopic (exact) mass is 270 g/mol. The van der Waals surface area contributed by atoms with Crippen molar-refractivity contribution < 1.29 is 13.5 Å². The number of hydrogen-bond donors (Lipinski definition) is 2. The number of rotatable bonds is 4. The molecule has 0 saturated heterocycles. The van der Waals surface area contributed by atoms with Crippen LogP contribution >= 0.6 is 0 Å². The van der Waals surface area contributed by atoms with Crippen LogP contribution in [0.5, 0.6) is 0 Å². The Balaban J connectivity index is 2.30. The second-order valence-electron chi connectivity index (χ2n) is 3.92. The Kier molecular flexibility index (Phi) is 3.14. The normalized spacial score (nSPS) is 11.7. The van der Waals surface area contributed by atoms with Gasteiger partial charge >= 0.3 is 0 Å². The van der Waals surface area contributed by atoms with Crippen LogP contribution < -0.4 is 4.72 Å². The van der Waals surface area contributed by atoms with Crippen molar-refractivity contribution in [3.8, 4) is 0 Å². The Bertz CT molecular complexity index is 656. The molecule has 2 heterocycles. The van der Waals surface area contributed by atoms with Gasteiger partial charge in [0, 0.05) is 38.2 Å². The molecule has 2 aromatic heterocycles. The van der Waals surface area contributed by atoms with Crippen LogP contribution in [0.2, 0.25) is 0 Å². The summed E-state index contributed by atoms with van der Waals surface area (Å²) in [4.78, 5) is 0.0969. The van der Waals surface area contributed by atoms with Gasteiger partial charge in [0.25, 0.3) is 10.0 Å². The molecule has 98 valence electrons. The summed E-state index contributed by atoms with van der Waals surface area (Å²) in [6, 6.07) is 2.98. The average Bonchev–Trinajstić information content (AvgIpc) is 2.84. The van der Waals surface area contributed by atoms with Gasteiger partial charge in [0.05, 0.1) is 6.61 Å². The van der Waals surface area contributed by atoms with Crippen LogP contribution in [0.4, 0.5) is 5.82 Å². The number of nitrogens with zero attached hydrogens (tertiary/aromatic N) is 3. The van der Waals surface area contributed by atoms with Crippen molar-refractivity contribution in [1.82, 2.24) is 14.3 Å². The topological polar surface area (TPSA) is 89.1 Å². The summed E-state index contributed by atoms with van der Waals surface area (Å²) < 4.78 is 29.5. The minimum Gasteiger partial charge on any atom is -0.390 e. The van der Waals surface area contributed by atoms with E-state index in [9.17, 15) is 8.42 Å². The fraction of sp³-hybridized carbons (Fsp3) is 0.300. The van der Waals surface area contributed by atoms with E-state index in [1.54, 1.807) is 30.9 Å². The van der Waals surface area contributed by atoms with E-state index in [4.69, 9.17) is 5.11 Å². The van der Waals surface area contributed by atoms with E-state index in [-0.39, 0.29) is 17.3 Å². The molecule has 0 bridgehead atoms. The molecule has 0 fully saturated rings. The molecule has 0 atom stereocenters. The lowest BCUT2D eigenvalue weighted by Crippen LogP contribution is -2.12. The molecular formula is C10H14N4O3S. The molecule has 0 aliphatic rings. The van der Waals surface area contributed by atoms with Gasteiger partial charge in [0.2, 0.25) is 0 Å². The molecular weight excluding hydrogens is 256 g/mol. The van der Waals surface area contributed by atoms with Crippen molar-refractivity contribution >= 4 is 15.8 Å². The highest BCUT2D eigenvalue weighted by Crippen LogP contribution is 2.16. The van der Waals surface area contributed by atoms with Crippen molar-refractivity contribution in [2.45, 2.75) is 11.5 Å². The third kappa shape index (κ3) is 2.39. The van der Waals surface area contributed by atoms with E-state index >= 15 is 0 Å². The minimum atomic E-state index is -3.67. The van der Waals surface area contributed by atoms with E-state index in [0.29, 0.717) is 5.69 Å². The van der Waals surface area contributed by atoms with E-state index in [2.05, 4.69) is 9.82 Å². The lowest BCUT2D eigenvalue weighted by atomic mass is 10.5. The van der Waals surface area contributed by atoms with Crippen molar-refractivity contribution in [3.05, 3.63) is 30.2 Å². The molecule has 18 heavy (non-hydrogen) atoms. The largest absolute Gasteiger partial charge is 0.390 e. The van der Waals surface area contributed by atoms with Crippen LogP contribution in [0.1, 0.15) is 5.69 Å². The third-order valence-corrected chi connectivity index (χ3v) is 3.83. The first-order valence-electron chi connectivity index (χ1n) is 5.21. The fourth-order valence-electron chi connectivity index (χ4n) is 1.55. The molecule has 2 rings (SSSR count). The summed E-state index contributed by atoms with van der Waals surface area (Å²) in [5, 5.41) is 13.0. The number of nitrogens with one attached hydrogen (secondary N) is 1. The lowest BCUT2D eigenvalue weighted by Gasteiger charge is -2.02. The molecule has 0 radical (unpaired) electrons. The van der Waals surface area contributed by atoms with Gasteiger partial charge in [-0.3, -0.25) is 9.40 Å². The zero-order valence-electron chi connectivity index (χ0n) is 10.0. The molecule has 2 N–H and O–H groups in total. The first kappa shape index (κ1) is 12.7. The zero-order chi connectivity index (χ0) is 13.3. The predicted octanol–water partition coefficient (Wildman–Crippen LogP) is 0.0517. The number of hydrogen-bond acceptors (Lipinski definition) is 4. The molecule has 2 aromatic rings. The van der Waals surface area contributed by atoms with Gasteiger partial charge < -0.3 is 9.67 Å². The second kappa shape index (κ2) is 4.46. The van der Waals surface area contributed by atoms with Crippen molar-refractivity contribution in [1.29, 1.82) is 0 Å². The minimum absolute atomic E-state index is 0.0969. The molecule has 7 nitrogen and oxygen atoms in total. The average molecular weight is 270 g/mol. The third-order valence-electron chi connectivity index (χ3n) is 2.51. The Hall–Kier alpha value is -1.80. The Labute approximate surface area is 105 Å². The van der Waals surface area contributed by atoms with Crippen LogP contribution in [-0.2, 0) is 30.7 Å². The van der Waals surface area contributed by atoms with Gasteiger partial charge in [-0.05, 0) is 6.07 Å². The molecule has 0 spiro atoms. The van der Waals surface area contributed by atoms with Crippen LogP contribution in [0, 0.1) is 0 Å². The zero-order valence-corrected chi connectivity index (χ0v) is 10.8. The highest BCUT2D eigenvalue weighted by atomic mass is 32.2. The lowest BCUT2D eigenvalue weighted by molar-refractivity contribution is 0.272. The summed E-state index contributed by atoms with van der Waals surface area (Å²) in [5.74, 6) is 0.256. The Morgan fingerprint density at radius 2 is 2.17 bits per heavy atom. The molecule has 0 aliphatic heterocycles. The summed E-state index contributed by atoms with van der Waals surface area (Å²) in [7, 11) is -0.299. The number of aliphatic hydroxyl groups excluding tert-OH is 1. The first-order chi connectivity index (χ1) is 8.42. The highest BCUT2D eigenvalue weighted by Gasteiger charge is 2.18. The number of anilines is 1. The van der Waals surface area contributed by atoms with E-state index in [0.717, 1.165) is 0 Å². The summed E-state index contributed by atoms with van der Waals surface area (Å²) >= 11 is 0. The number of sulfonamides is 1. The molecule has 0 aromatic carbocycles. The van der Waals surface area contributed by atoms with Gasteiger partial charge in [0.1, 0.15) is 4.90 Å². The van der Waals surface area contributed by atoms with Gasteiger partial charge in [-0.2, -0.15) is 5.10 Å². The predicted molar refractivity (Wildman–Crippen MR) is 65.4 cm³/mol. The van der Waals surface area contributed by atoms with Crippen LogP contribution in [0.3, 0.4) is 0 Å². The SMILES string of the molecule is Cn1ccc(NS(=O)(=O)c2cc(CO)n(C)c2)n1. The summed E-state index contributed by atoms with van der Waals surface area (Å²) in [6.07, 6.45) is 3.08. The highest BCUT2D eigenvalue weighted by molar-refractivity contribution is 7.92. The van der Waals surface area contributed by atoms with Crippen molar-refractivity contribution in [2.75, 3.05) is 4.72 Å². The number of aryl methyl sites for hydroxylation is 2. The summed E-state index contributed by atoms with van der Waals surface area (Å²) in [6.45, 7) is -0.213. The maximum Gasteiger partial charge on any atom is 0.264 e. The fourth-order valence-corrected chi connectivity index (χ4v) is 2.64. The smallest absolute Gasteiger partial charge is 0.264 e. The van der Waals surface area contributed by atoms with E-state index in [1.165, 1.54) is 16.9 Å². The summed E-state index contributed by atoms with van der Waals surface area (Å²) in [5.41, 5.74) is 0.524. The Morgan fingerprint density at radius 1 is 1.44 bits per heavy atom. The van der Waals surface area contributed by atoms with Crippen molar-refractivity contribution in [3.63, 3.8) is 0 Å². The van der Waals surface area contributed by atoms with Gasteiger partial charge in [-0.1, -0.05) is 0 Å². The molecule has 0 amide bonds. The maximum atomic E-state index is 12.0. The first-order valence-corrected chi connectivity index (χ1v) is 6.69. The van der Waals surface area contributed by atoms with Gasteiger partial charge in [-0.25, -0.2) is 8.42 Å². The molecule has 8 heteroatoms. The van der Waals surface area contributed by atoms with Crippen LogP contribution in [0.25, 0.3) is 0 Å². The Morgan fingerprint density at radius 3 is 2.67 bits per heavy atom. The van der Waals surface area contributed by atoms with Crippen LogP contribution in [0.15, 0.2) is 29.4 Å². The quantitative estimate of drug-likeness (QED) is 0.821. The molecule has 0 saturated carbocycles. The van der Waals surface area contributed by atoms with Gasteiger partial charge in [0.15, 0.2) is 5.82 Å². The number of aromatic nitrogens is 3. The van der Waals surface area contributed by atoms with Crippen LogP contribution in [-0.4, -0.2) is 27.9 Å². The molecule has 0 unspecified atom stereocenters. The van der Waals surface area contributed by atoms with Crippen molar-refractivity contribution in [2.24, 2.45) is 14.1 Å². The number of aliphatic hydroxyl groups is 1. The van der Waals surface area contributed by atoms with E-state index < -0.39 is 10.0 Å². The van der Waals surface area contributed by atoms with Gasteiger partial charge in [-0.15, -0.1) is 0 Å². The van der Waals surface area contributed by atoms with E-state index in [1.807, 2.05) is 0 Å². The second-order valence-corrected chi connectivity index (χ2v) is 5.60. The molecule has 0 aliphatic carbocycles. The standard InChI is InChI=1S/C10H14N4O3S/c1-13-6-9(5-8(13)7-15)18(16,17)12-10-3-4-14(2)11-10/h3-6,15H,7H2,1-2H3,(H,11,12). The maximum absolute atomic E-state index is 12.0.